The largest absolute Gasteiger partial charge is 0.394 e. The molecule has 3 saturated heterocycles. The quantitative estimate of drug-likeness (QED) is 0.628. The Balaban J connectivity index is 2.06. The molecule has 2 unspecified atom stereocenters. The van der Waals surface area contributed by atoms with Crippen molar-refractivity contribution >= 4 is 29.5 Å². The molecule has 2 bridgehead atoms. The summed E-state index contributed by atoms with van der Waals surface area (Å²) in [5, 5.41) is 15.7. The molecule has 0 saturated carbocycles. The van der Waals surface area contributed by atoms with Gasteiger partial charge in [-0.05, 0) is 40.0 Å². The first kappa shape index (κ1) is 20.5. The van der Waals surface area contributed by atoms with Crippen LogP contribution in [0, 0.1) is 11.8 Å². The minimum absolute atomic E-state index is 0.0696. The summed E-state index contributed by atoms with van der Waals surface area (Å²) in [6.07, 6.45) is 2.13. The molecule has 0 aliphatic carbocycles. The molecular weight excluding hydrogens is 366 g/mol. The molecule has 3 fully saturated rings. The van der Waals surface area contributed by atoms with Gasteiger partial charge in [0.1, 0.15) is 6.04 Å². The van der Waals surface area contributed by atoms with E-state index in [9.17, 15) is 19.5 Å². The van der Waals surface area contributed by atoms with Crippen LogP contribution in [0.4, 0.5) is 0 Å². The average Bonchev–Trinajstić information content (AvgIpc) is 3.22. The third kappa shape index (κ3) is 3.05. The molecule has 3 aliphatic rings. The van der Waals surface area contributed by atoms with Gasteiger partial charge in [-0.3, -0.25) is 14.4 Å². The highest BCUT2D eigenvalue weighted by atomic mass is 32.2. The van der Waals surface area contributed by atoms with Crippen molar-refractivity contribution in [3.05, 3.63) is 0 Å². The fourth-order valence-corrected chi connectivity index (χ4v) is 7.31. The van der Waals surface area contributed by atoms with Gasteiger partial charge in [-0.2, -0.15) is 0 Å². The predicted molar refractivity (Wildman–Crippen MR) is 104 cm³/mol. The summed E-state index contributed by atoms with van der Waals surface area (Å²) in [5.74, 6) is -1.38. The Hall–Kier alpha value is -1.28. The first-order chi connectivity index (χ1) is 12.6. The number of fused-ring (bicyclic) bond motifs is 1. The molecule has 3 N–H and O–H groups in total. The van der Waals surface area contributed by atoms with Crippen molar-refractivity contribution in [1.29, 1.82) is 0 Å². The zero-order valence-corrected chi connectivity index (χ0v) is 17.6. The minimum Gasteiger partial charge on any atom is -0.394 e. The number of rotatable bonds is 5. The van der Waals surface area contributed by atoms with Crippen molar-refractivity contribution in [3.63, 3.8) is 0 Å². The lowest BCUT2D eigenvalue weighted by Gasteiger charge is -2.38. The molecule has 3 heterocycles. The van der Waals surface area contributed by atoms with Crippen molar-refractivity contribution in [2.24, 2.45) is 11.8 Å². The van der Waals surface area contributed by atoms with E-state index in [1.165, 1.54) is 0 Å². The minimum atomic E-state index is -0.656. The highest BCUT2D eigenvalue weighted by Crippen LogP contribution is 2.66. The normalized spacial score (nSPS) is 35.9. The van der Waals surface area contributed by atoms with Crippen LogP contribution in [-0.2, 0) is 14.4 Å². The first-order valence-corrected chi connectivity index (χ1v) is 10.6. The van der Waals surface area contributed by atoms with Crippen LogP contribution in [0.1, 0.15) is 47.0 Å². The molecular formula is C19H31N3O4S. The van der Waals surface area contributed by atoms with Crippen LogP contribution < -0.4 is 10.6 Å². The van der Waals surface area contributed by atoms with Gasteiger partial charge in [-0.1, -0.05) is 6.92 Å². The number of hydrogen-bond donors (Lipinski definition) is 3. The molecule has 3 aliphatic heterocycles. The third-order valence-electron chi connectivity index (χ3n) is 6.11. The van der Waals surface area contributed by atoms with Crippen molar-refractivity contribution < 1.29 is 19.5 Å². The van der Waals surface area contributed by atoms with Crippen molar-refractivity contribution in [3.8, 4) is 0 Å². The van der Waals surface area contributed by atoms with E-state index >= 15 is 0 Å². The van der Waals surface area contributed by atoms with Crippen LogP contribution in [0.15, 0.2) is 0 Å². The average molecular weight is 398 g/mol. The number of likely N-dealkylation sites (tertiary alicyclic amines) is 1. The summed E-state index contributed by atoms with van der Waals surface area (Å²) in [4.78, 5) is 41.0. The van der Waals surface area contributed by atoms with Crippen LogP contribution >= 0.6 is 11.8 Å². The lowest BCUT2D eigenvalue weighted by Crippen LogP contribution is -2.59. The highest BCUT2D eigenvalue weighted by molar-refractivity contribution is 8.02. The second kappa shape index (κ2) is 6.95. The molecule has 152 valence electrons. The number of carbonyl (C=O) groups excluding carboxylic acids is 3. The molecule has 7 nitrogen and oxygen atoms in total. The van der Waals surface area contributed by atoms with Gasteiger partial charge >= 0.3 is 0 Å². The molecule has 6 atom stereocenters. The van der Waals surface area contributed by atoms with E-state index in [0.29, 0.717) is 6.42 Å². The van der Waals surface area contributed by atoms with Gasteiger partial charge in [0.05, 0.1) is 29.2 Å². The Labute approximate surface area is 165 Å². The number of aliphatic hydroxyl groups is 1. The van der Waals surface area contributed by atoms with E-state index in [0.717, 1.165) is 12.8 Å². The molecule has 8 heteroatoms. The van der Waals surface area contributed by atoms with Gasteiger partial charge in [0.25, 0.3) is 0 Å². The number of hydrogen-bond acceptors (Lipinski definition) is 5. The van der Waals surface area contributed by atoms with Gasteiger partial charge in [0.15, 0.2) is 0 Å². The Morgan fingerprint density at radius 2 is 2.04 bits per heavy atom. The molecule has 0 aromatic heterocycles. The van der Waals surface area contributed by atoms with Crippen LogP contribution in [0.2, 0.25) is 0 Å². The van der Waals surface area contributed by atoms with Crippen LogP contribution in [0.3, 0.4) is 0 Å². The number of nitrogens with one attached hydrogen (secondary N) is 2. The molecule has 3 amide bonds. The van der Waals surface area contributed by atoms with Gasteiger partial charge < -0.3 is 20.6 Å². The smallest absolute Gasteiger partial charge is 0.244 e. The third-order valence-corrected chi connectivity index (χ3v) is 8.06. The van der Waals surface area contributed by atoms with Crippen molar-refractivity contribution in [1.82, 2.24) is 15.5 Å². The summed E-state index contributed by atoms with van der Waals surface area (Å²) in [7, 11) is 1.59. The lowest BCUT2D eigenvalue weighted by molar-refractivity contribution is -0.143. The summed E-state index contributed by atoms with van der Waals surface area (Å²) in [5.41, 5.74) is -0.428. The fourth-order valence-electron chi connectivity index (χ4n) is 5.10. The zero-order valence-electron chi connectivity index (χ0n) is 16.7. The van der Waals surface area contributed by atoms with Crippen molar-refractivity contribution in [2.45, 2.75) is 74.6 Å². The SMILES string of the molecule is CC[C@@H](CO)N1C(=O)[C@@H]2[C@H](C(=O)NC)[C@@H]3CCC2(S3)C1C(=O)NC(C)(C)C. The maximum Gasteiger partial charge on any atom is 0.244 e. The summed E-state index contributed by atoms with van der Waals surface area (Å²) >= 11 is 1.64. The maximum absolute atomic E-state index is 13.5. The molecule has 27 heavy (non-hydrogen) atoms. The number of aliphatic hydroxyl groups excluding tert-OH is 1. The summed E-state index contributed by atoms with van der Waals surface area (Å²) < 4.78 is -0.586. The van der Waals surface area contributed by atoms with E-state index < -0.39 is 34.2 Å². The maximum atomic E-state index is 13.5. The van der Waals surface area contributed by atoms with Gasteiger partial charge in [0.2, 0.25) is 17.7 Å². The highest BCUT2D eigenvalue weighted by Gasteiger charge is 2.74. The first-order valence-electron chi connectivity index (χ1n) is 9.75. The van der Waals surface area contributed by atoms with Gasteiger partial charge in [0, 0.05) is 17.8 Å². The van der Waals surface area contributed by atoms with Gasteiger partial charge in [-0.15, -0.1) is 11.8 Å². The monoisotopic (exact) mass is 397 g/mol. The van der Waals surface area contributed by atoms with Crippen LogP contribution in [0.5, 0.6) is 0 Å². The molecule has 0 radical (unpaired) electrons. The zero-order chi connectivity index (χ0) is 20.1. The van der Waals surface area contributed by atoms with E-state index in [2.05, 4.69) is 10.6 Å². The summed E-state index contributed by atoms with van der Waals surface area (Å²) in [6, 6.07) is -1.07. The van der Waals surface area contributed by atoms with Crippen LogP contribution in [0.25, 0.3) is 0 Å². The molecule has 3 rings (SSSR count). The number of nitrogens with zero attached hydrogens (tertiary/aromatic N) is 1. The molecule has 0 aromatic rings. The second-order valence-electron chi connectivity index (χ2n) is 8.90. The fraction of sp³-hybridized carbons (Fsp3) is 0.842. The number of amides is 3. The predicted octanol–water partition coefficient (Wildman–Crippen LogP) is 0.509. The number of thioether (sulfide) groups is 1. The van der Waals surface area contributed by atoms with E-state index in [1.54, 1.807) is 23.7 Å². The van der Waals surface area contributed by atoms with E-state index in [-0.39, 0.29) is 29.6 Å². The van der Waals surface area contributed by atoms with E-state index in [1.807, 2.05) is 27.7 Å². The standard InChI is InChI=1S/C19H31N3O4S/c1-6-10(9-23)22-14(16(25)21-18(2,3)4)19-8-7-11(27-19)12(15(24)20-5)13(19)17(22)26/h10-14,23H,6-9H2,1-5H3,(H,20,24)(H,21,25)/t10-,11-,12+,13-,14?,19?/m0/s1. The Bertz CT molecular complexity index is 645. The Morgan fingerprint density at radius 3 is 2.56 bits per heavy atom. The second-order valence-corrected chi connectivity index (χ2v) is 10.5. The Kier molecular flexibility index (Phi) is 5.27. The van der Waals surface area contributed by atoms with Gasteiger partial charge in [-0.25, -0.2) is 0 Å². The number of carbonyl (C=O) groups is 3. The van der Waals surface area contributed by atoms with E-state index in [4.69, 9.17) is 0 Å². The molecule has 1 spiro atoms. The van der Waals surface area contributed by atoms with Crippen molar-refractivity contribution in [2.75, 3.05) is 13.7 Å². The van der Waals surface area contributed by atoms with Crippen LogP contribution in [-0.4, -0.2) is 69.0 Å². The Morgan fingerprint density at radius 1 is 1.37 bits per heavy atom. The summed E-state index contributed by atoms with van der Waals surface area (Å²) in [6.45, 7) is 7.45. The lowest BCUT2D eigenvalue weighted by atomic mass is 9.70. The molecule has 0 aromatic carbocycles. The topological polar surface area (TPSA) is 98.7 Å².